The van der Waals surface area contributed by atoms with Crippen molar-refractivity contribution in [2.45, 2.75) is 44.9 Å². The molecular weight excluding hydrogens is 446 g/mol. The van der Waals surface area contributed by atoms with Gasteiger partial charge in [0.2, 0.25) is 11.8 Å². The molecule has 6 N–H and O–H groups in total. The largest absolute Gasteiger partial charge is 0.493 e. The molecule has 0 saturated carbocycles. The minimum Gasteiger partial charge on any atom is -0.493 e. The van der Waals surface area contributed by atoms with Gasteiger partial charge in [0.25, 0.3) is 0 Å². The van der Waals surface area contributed by atoms with E-state index in [2.05, 4.69) is 33.6 Å². The first kappa shape index (κ1) is 25.1. The van der Waals surface area contributed by atoms with E-state index in [1.54, 1.807) is 0 Å². The smallest absolute Gasteiger partial charge is 0.325 e. The van der Waals surface area contributed by atoms with Crippen LogP contribution in [0.3, 0.4) is 0 Å². The maximum Gasteiger partial charge on any atom is 0.325 e. The van der Waals surface area contributed by atoms with Gasteiger partial charge in [0.05, 0.1) is 24.3 Å². The zero-order valence-corrected chi connectivity index (χ0v) is 18.7. The molecule has 1 aromatic heterocycles. The van der Waals surface area contributed by atoms with E-state index >= 15 is 0 Å². The van der Waals surface area contributed by atoms with Crippen LogP contribution in [0.2, 0.25) is 0 Å². The second-order valence-corrected chi connectivity index (χ2v) is 8.11. The first-order valence-electron chi connectivity index (χ1n) is 10.9. The summed E-state index contributed by atoms with van der Waals surface area (Å²) in [6.45, 7) is 2.64. The van der Waals surface area contributed by atoms with Crippen LogP contribution in [0, 0.1) is 11.6 Å². The number of halogens is 2. The molecular formula is C24H28F2N4O4. The Morgan fingerprint density at radius 2 is 1.76 bits per heavy atom. The lowest BCUT2D eigenvalue weighted by Gasteiger charge is -2.25. The van der Waals surface area contributed by atoms with Crippen LogP contribution in [0.25, 0.3) is 0 Å². The van der Waals surface area contributed by atoms with Gasteiger partial charge in [-0.2, -0.15) is 0 Å². The summed E-state index contributed by atoms with van der Waals surface area (Å²) in [6.07, 6.45) is -0.591. The summed E-state index contributed by atoms with van der Waals surface area (Å²) in [5.41, 5.74) is 1.80. The van der Waals surface area contributed by atoms with Crippen molar-refractivity contribution in [3.8, 4) is 5.88 Å². The van der Waals surface area contributed by atoms with Gasteiger partial charge in [-0.3, -0.25) is 9.78 Å². The Morgan fingerprint density at radius 1 is 1.06 bits per heavy atom. The molecule has 3 rings (SSSR count). The zero-order valence-electron chi connectivity index (χ0n) is 18.7. The molecule has 8 nitrogen and oxygen atoms in total. The van der Waals surface area contributed by atoms with Crippen molar-refractivity contribution in [1.29, 1.82) is 0 Å². The maximum absolute atomic E-state index is 13.7. The van der Waals surface area contributed by atoms with Crippen molar-refractivity contribution >= 4 is 5.91 Å². The van der Waals surface area contributed by atoms with E-state index in [9.17, 15) is 28.6 Å². The third-order valence-corrected chi connectivity index (χ3v) is 5.39. The fourth-order valence-corrected chi connectivity index (χ4v) is 3.69. The molecule has 0 radical (unpaired) electrons. The van der Waals surface area contributed by atoms with Gasteiger partial charge in [0.15, 0.2) is 0 Å². The van der Waals surface area contributed by atoms with Crippen molar-refractivity contribution in [1.82, 2.24) is 20.6 Å². The Kier molecular flexibility index (Phi) is 8.55. The molecule has 2 atom stereocenters. The number of nitrogens with one attached hydrogen (secondary N) is 4. The van der Waals surface area contributed by atoms with Gasteiger partial charge in [0, 0.05) is 19.2 Å². The summed E-state index contributed by atoms with van der Waals surface area (Å²) in [7, 11) is 0. The molecule has 0 fully saturated rings. The minimum atomic E-state index is -1.09. The molecule has 0 aliphatic carbocycles. The van der Waals surface area contributed by atoms with Crippen molar-refractivity contribution in [2.24, 2.45) is 0 Å². The number of carbonyl (C=O) groups is 1. The molecule has 182 valence electrons. The Balaban J connectivity index is 1.68. The molecule has 0 aliphatic rings. The van der Waals surface area contributed by atoms with E-state index in [1.165, 1.54) is 5.56 Å². The van der Waals surface area contributed by atoms with Gasteiger partial charge >= 0.3 is 5.69 Å². The number of imidazole rings is 1. The van der Waals surface area contributed by atoms with Gasteiger partial charge in [-0.25, -0.2) is 13.6 Å². The fraction of sp³-hybridized carbons (Fsp3) is 0.333. The van der Waals surface area contributed by atoms with E-state index in [0.717, 1.165) is 30.2 Å². The molecule has 0 spiro atoms. The summed E-state index contributed by atoms with van der Waals surface area (Å²) < 4.78 is 27.3. The van der Waals surface area contributed by atoms with Crippen LogP contribution in [0.15, 0.2) is 47.3 Å². The minimum absolute atomic E-state index is 0.0125. The highest BCUT2D eigenvalue weighted by atomic mass is 19.1. The Morgan fingerprint density at radius 3 is 2.41 bits per heavy atom. The van der Waals surface area contributed by atoms with Crippen LogP contribution in [0.1, 0.15) is 29.3 Å². The van der Waals surface area contributed by atoms with Crippen LogP contribution in [0.5, 0.6) is 5.88 Å². The van der Waals surface area contributed by atoms with Gasteiger partial charge in [-0.1, -0.05) is 31.2 Å². The zero-order chi connectivity index (χ0) is 24.7. The van der Waals surface area contributed by atoms with E-state index in [-0.39, 0.29) is 30.6 Å². The first-order valence-corrected chi connectivity index (χ1v) is 10.9. The predicted octanol–water partition coefficient (Wildman–Crippen LogP) is 1.67. The third-order valence-electron chi connectivity index (χ3n) is 5.39. The molecule has 3 aromatic rings. The SMILES string of the molecule is CCc1cccc(CNC[C@H](O)[C@@H](Cc2cc(F)cc(F)c2)NC(=O)Cc2[nH]c(=O)[nH]c2O)c1. The third kappa shape index (κ3) is 7.26. The summed E-state index contributed by atoms with van der Waals surface area (Å²) in [5, 5.41) is 26.2. The Hall–Kier alpha value is -3.50. The number of hydrogen-bond acceptors (Lipinski definition) is 5. The summed E-state index contributed by atoms with van der Waals surface area (Å²) in [4.78, 5) is 28.2. The fourth-order valence-electron chi connectivity index (χ4n) is 3.69. The van der Waals surface area contributed by atoms with E-state index in [1.807, 2.05) is 18.2 Å². The number of benzene rings is 2. The highest BCUT2D eigenvalue weighted by Crippen LogP contribution is 2.13. The van der Waals surface area contributed by atoms with Gasteiger partial charge in [0.1, 0.15) is 11.6 Å². The normalized spacial score (nSPS) is 12.9. The number of aromatic hydroxyl groups is 1. The topological polar surface area (TPSA) is 130 Å². The summed E-state index contributed by atoms with van der Waals surface area (Å²) >= 11 is 0. The van der Waals surface area contributed by atoms with Crippen LogP contribution in [0.4, 0.5) is 8.78 Å². The number of aliphatic hydroxyl groups excluding tert-OH is 1. The molecule has 2 aromatic carbocycles. The predicted molar refractivity (Wildman–Crippen MR) is 122 cm³/mol. The quantitative estimate of drug-likeness (QED) is 0.252. The second kappa shape index (κ2) is 11.6. The van der Waals surface area contributed by atoms with E-state index in [0.29, 0.717) is 6.54 Å². The molecule has 1 heterocycles. The number of aromatic amines is 2. The van der Waals surface area contributed by atoms with Gasteiger partial charge in [-0.05, 0) is 41.7 Å². The lowest BCUT2D eigenvalue weighted by atomic mass is 10.00. The highest BCUT2D eigenvalue weighted by Gasteiger charge is 2.23. The average Bonchev–Trinajstić information content (AvgIpc) is 3.09. The lowest BCUT2D eigenvalue weighted by molar-refractivity contribution is -0.122. The van der Waals surface area contributed by atoms with Crippen molar-refractivity contribution in [3.05, 3.63) is 87.0 Å². The van der Waals surface area contributed by atoms with Gasteiger partial charge < -0.3 is 25.8 Å². The van der Waals surface area contributed by atoms with Crippen LogP contribution in [-0.4, -0.2) is 44.8 Å². The number of aryl methyl sites for hydroxylation is 1. The second-order valence-electron chi connectivity index (χ2n) is 8.11. The molecule has 34 heavy (non-hydrogen) atoms. The van der Waals surface area contributed by atoms with Crippen molar-refractivity contribution in [2.75, 3.05) is 6.54 Å². The highest BCUT2D eigenvalue weighted by molar-refractivity contribution is 5.79. The first-order chi connectivity index (χ1) is 16.2. The average molecular weight is 475 g/mol. The molecule has 0 bridgehead atoms. The van der Waals surface area contributed by atoms with Crippen LogP contribution in [-0.2, 0) is 30.6 Å². The maximum atomic E-state index is 13.7. The summed E-state index contributed by atoms with van der Waals surface area (Å²) in [6, 6.07) is 10.1. The number of amides is 1. The van der Waals surface area contributed by atoms with Crippen molar-refractivity contribution < 1.29 is 23.8 Å². The standard InChI is InChI=1S/C24H28F2N4O4/c1-2-14-4-3-5-15(6-14)12-27-13-21(31)19(9-16-7-17(25)10-18(26)8-16)28-22(32)11-20-23(33)30-24(34)29-20/h3-8,10,19,21,27,31,33H,2,9,11-13H2,1H3,(H,28,32)(H2,29,30,34)/t19-,21+/m1/s1. The molecule has 10 heteroatoms. The molecule has 0 aliphatic heterocycles. The Bertz CT molecular complexity index is 1160. The van der Waals surface area contributed by atoms with Crippen LogP contribution >= 0.6 is 0 Å². The number of aliphatic hydroxyl groups is 1. The van der Waals surface area contributed by atoms with Gasteiger partial charge in [-0.15, -0.1) is 0 Å². The summed E-state index contributed by atoms with van der Waals surface area (Å²) in [5.74, 6) is -2.58. The number of hydrogen-bond donors (Lipinski definition) is 6. The molecule has 1 amide bonds. The number of aromatic nitrogens is 2. The monoisotopic (exact) mass is 474 g/mol. The molecule has 0 unspecified atom stereocenters. The van der Waals surface area contributed by atoms with Crippen LogP contribution < -0.4 is 16.3 Å². The number of rotatable bonds is 11. The molecule has 0 saturated heterocycles. The Labute approximate surface area is 195 Å². The van der Waals surface area contributed by atoms with E-state index < -0.39 is 41.3 Å². The van der Waals surface area contributed by atoms with Crippen molar-refractivity contribution in [3.63, 3.8) is 0 Å². The lowest BCUT2D eigenvalue weighted by Crippen LogP contribution is -2.49. The number of H-pyrrole nitrogens is 2. The van der Waals surface area contributed by atoms with E-state index in [4.69, 9.17) is 0 Å². The number of carbonyl (C=O) groups excluding carboxylic acids is 1.